The molecule has 1 heterocycles. The lowest BCUT2D eigenvalue weighted by atomic mass is 10.1. The van der Waals surface area contributed by atoms with Crippen molar-refractivity contribution in [3.63, 3.8) is 0 Å². The molecule has 0 atom stereocenters. The van der Waals surface area contributed by atoms with Gasteiger partial charge in [0.05, 0.1) is 4.92 Å². The Morgan fingerprint density at radius 1 is 1.45 bits per heavy atom. The molecule has 2 N–H and O–H groups in total. The maximum absolute atomic E-state index is 10.9. The van der Waals surface area contributed by atoms with E-state index in [4.69, 9.17) is 5.73 Å². The Morgan fingerprint density at radius 2 is 2.15 bits per heavy atom. The van der Waals surface area contributed by atoms with Crippen LogP contribution in [0.2, 0.25) is 0 Å². The van der Waals surface area contributed by atoms with Gasteiger partial charge in [-0.3, -0.25) is 10.1 Å². The molecule has 0 unspecified atom stereocenters. The van der Waals surface area contributed by atoms with Crippen LogP contribution >= 0.6 is 0 Å². The first-order valence-electron chi connectivity index (χ1n) is 6.32. The predicted octanol–water partition coefficient (Wildman–Crippen LogP) is 2.17. The van der Waals surface area contributed by atoms with E-state index in [9.17, 15) is 10.1 Å². The molecule has 20 heavy (non-hydrogen) atoms. The molecule has 0 saturated heterocycles. The van der Waals surface area contributed by atoms with E-state index in [1.165, 1.54) is 12.1 Å². The summed E-state index contributed by atoms with van der Waals surface area (Å²) in [6.07, 6.45) is 0.769. The quantitative estimate of drug-likeness (QED) is 0.523. The van der Waals surface area contributed by atoms with E-state index < -0.39 is 4.92 Å². The van der Waals surface area contributed by atoms with Crippen LogP contribution < -0.4 is 5.73 Å². The largest absolute Gasteiger partial charge is 0.393 e. The van der Waals surface area contributed by atoms with Gasteiger partial charge in [0.1, 0.15) is 5.69 Å². The molecule has 0 aliphatic carbocycles. The van der Waals surface area contributed by atoms with Crippen LogP contribution in [0.3, 0.4) is 0 Å². The summed E-state index contributed by atoms with van der Waals surface area (Å²) in [5.74, 6) is 1.78. The number of nitro groups is 1. The Balaban J connectivity index is 2.44. The number of aromatic nitrogens is 3. The maximum atomic E-state index is 10.9. The average molecular weight is 275 g/mol. The molecule has 0 fully saturated rings. The Labute approximate surface area is 116 Å². The van der Waals surface area contributed by atoms with Crippen LogP contribution in [-0.2, 0) is 13.5 Å². The van der Waals surface area contributed by atoms with E-state index in [-0.39, 0.29) is 11.4 Å². The van der Waals surface area contributed by atoms with Crippen molar-refractivity contribution in [2.45, 2.75) is 20.3 Å². The number of hydrogen-bond acceptors (Lipinski definition) is 5. The van der Waals surface area contributed by atoms with Gasteiger partial charge in [-0.05, 0) is 18.1 Å². The standard InChI is InChI=1S/C13H17N5O2/c1-8(2)6-12-15-13(17(3)16-12)9-4-5-10(14)11(7-9)18(19)20/h4-5,7-8H,6,14H2,1-3H3. The molecule has 7 nitrogen and oxygen atoms in total. The van der Waals surface area contributed by atoms with Crippen molar-refractivity contribution in [3.05, 3.63) is 34.1 Å². The fourth-order valence-corrected chi connectivity index (χ4v) is 1.98. The van der Waals surface area contributed by atoms with Gasteiger partial charge < -0.3 is 5.73 Å². The fraction of sp³-hybridized carbons (Fsp3) is 0.385. The zero-order valence-corrected chi connectivity index (χ0v) is 11.7. The minimum atomic E-state index is -0.496. The smallest absolute Gasteiger partial charge is 0.292 e. The normalized spacial score (nSPS) is 11.0. The molecule has 106 valence electrons. The van der Waals surface area contributed by atoms with Crippen LogP contribution in [0.25, 0.3) is 11.4 Å². The highest BCUT2D eigenvalue weighted by atomic mass is 16.6. The Hall–Kier alpha value is -2.44. The first-order chi connectivity index (χ1) is 9.38. The SMILES string of the molecule is CC(C)Cc1nc(-c2ccc(N)c([N+](=O)[O-])c2)n(C)n1. The van der Waals surface area contributed by atoms with E-state index in [1.807, 2.05) is 0 Å². The molecule has 0 saturated carbocycles. The number of nitrogens with two attached hydrogens (primary N) is 1. The number of nitrogens with zero attached hydrogens (tertiary/aromatic N) is 4. The fourth-order valence-electron chi connectivity index (χ4n) is 1.98. The number of nitrogen functional groups attached to an aromatic ring is 1. The van der Waals surface area contributed by atoms with Gasteiger partial charge in [-0.25, -0.2) is 9.67 Å². The topological polar surface area (TPSA) is 99.9 Å². The van der Waals surface area contributed by atoms with Crippen LogP contribution in [0.1, 0.15) is 19.7 Å². The van der Waals surface area contributed by atoms with Crippen molar-refractivity contribution in [2.24, 2.45) is 13.0 Å². The number of benzene rings is 1. The van der Waals surface area contributed by atoms with Gasteiger partial charge in [-0.15, -0.1) is 0 Å². The number of rotatable bonds is 4. The van der Waals surface area contributed by atoms with E-state index >= 15 is 0 Å². The minimum Gasteiger partial charge on any atom is -0.393 e. The van der Waals surface area contributed by atoms with Crippen LogP contribution in [0.4, 0.5) is 11.4 Å². The molecule has 0 radical (unpaired) electrons. The third-order valence-electron chi connectivity index (χ3n) is 2.88. The lowest BCUT2D eigenvalue weighted by molar-refractivity contribution is -0.383. The summed E-state index contributed by atoms with van der Waals surface area (Å²) in [7, 11) is 1.77. The average Bonchev–Trinajstić information content (AvgIpc) is 2.69. The van der Waals surface area contributed by atoms with Crippen LogP contribution in [0, 0.1) is 16.0 Å². The highest BCUT2D eigenvalue weighted by Crippen LogP contribution is 2.27. The van der Waals surface area contributed by atoms with E-state index in [0.29, 0.717) is 17.3 Å². The van der Waals surface area contributed by atoms with Crippen molar-refractivity contribution in [1.29, 1.82) is 0 Å². The van der Waals surface area contributed by atoms with Crippen molar-refractivity contribution in [1.82, 2.24) is 14.8 Å². The molecule has 0 aliphatic heterocycles. The third-order valence-corrected chi connectivity index (χ3v) is 2.88. The van der Waals surface area contributed by atoms with Gasteiger partial charge in [-0.2, -0.15) is 5.10 Å². The summed E-state index contributed by atoms with van der Waals surface area (Å²) in [6, 6.07) is 4.66. The predicted molar refractivity (Wildman–Crippen MR) is 76.0 cm³/mol. The van der Waals surface area contributed by atoms with E-state index in [2.05, 4.69) is 23.9 Å². The third kappa shape index (κ3) is 2.76. The number of nitro benzene ring substituents is 1. The van der Waals surface area contributed by atoms with Gasteiger partial charge in [0.15, 0.2) is 11.6 Å². The van der Waals surface area contributed by atoms with Gasteiger partial charge >= 0.3 is 0 Å². The highest BCUT2D eigenvalue weighted by Gasteiger charge is 2.16. The maximum Gasteiger partial charge on any atom is 0.292 e. The first kappa shape index (κ1) is 14.0. The zero-order chi connectivity index (χ0) is 14.9. The summed E-state index contributed by atoms with van der Waals surface area (Å²) < 4.78 is 1.63. The van der Waals surface area contributed by atoms with Gasteiger partial charge in [0.25, 0.3) is 5.69 Å². The number of anilines is 1. The molecular weight excluding hydrogens is 258 g/mol. The van der Waals surface area contributed by atoms with Crippen molar-refractivity contribution < 1.29 is 4.92 Å². The molecule has 0 amide bonds. The molecule has 0 bridgehead atoms. The van der Waals surface area contributed by atoms with Crippen LogP contribution in [0.15, 0.2) is 18.2 Å². The monoisotopic (exact) mass is 275 g/mol. The summed E-state index contributed by atoms with van der Waals surface area (Å²) >= 11 is 0. The van der Waals surface area contributed by atoms with Gasteiger partial charge in [0, 0.05) is 25.1 Å². The molecule has 0 spiro atoms. The van der Waals surface area contributed by atoms with Gasteiger partial charge in [0.2, 0.25) is 0 Å². The Kier molecular flexibility index (Phi) is 3.69. The molecule has 0 aliphatic rings. The minimum absolute atomic E-state index is 0.115. The molecule has 2 aromatic rings. The molecule has 1 aromatic heterocycles. The zero-order valence-electron chi connectivity index (χ0n) is 11.7. The second-order valence-electron chi connectivity index (χ2n) is 5.10. The highest BCUT2D eigenvalue weighted by molar-refractivity contribution is 5.68. The van der Waals surface area contributed by atoms with Crippen LogP contribution in [-0.4, -0.2) is 19.7 Å². The summed E-state index contributed by atoms with van der Waals surface area (Å²) in [5, 5.41) is 15.3. The van der Waals surface area contributed by atoms with Crippen LogP contribution in [0.5, 0.6) is 0 Å². The second kappa shape index (κ2) is 5.28. The Morgan fingerprint density at radius 3 is 2.75 bits per heavy atom. The lowest BCUT2D eigenvalue weighted by Crippen LogP contribution is -1.99. The lowest BCUT2D eigenvalue weighted by Gasteiger charge is -2.02. The molecule has 1 aromatic carbocycles. The number of aryl methyl sites for hydroxylation is 1. The summed E-state index contributed by atoms with van der Waals surface area (Å²) in [4.78, 5) is 14.9. The van der Waals surface area contributed by atoms with E-state index in [1.54, 1.807) is 17.8 Å². The second-order valence-corrected chi connectivity index (χ2v) is 5.10. The first-order valence-corrected chi connectivity index (χ1v) is 6.32. The molecule has 2 rings (SSSR count). The Bertz CT molecular complexity index is 648. The van der Waals surface area contributed by atoms with Gasteiger partial charge in [-0.1, -0.05) is 13.8 Å². The summed E-state index contributed by atoms with van der Waals surface area (Å²) in [6.45, 7) is 4.17. The van der Waals surface area contributed by atoms with Crippen molar-refractivity contribution in [3.8, 4) is 11.4 Å². The van der Waals surface area contributed by atoms with Crippen molar-refractivity contribution >= 4 is 11.4 Å². The number of hydrogen-bond donors (Lipinski definition) is 1. The molecule has 7 heteroatoms. The summed E-state index contributed by atoms with van der Waals surface area (Å²) in [5.41, 5.74) is 6.26. The van der Waals surface area contributed by atoms with Crippen molar-refractivity contribution in [2.75, 3.05) is 5.73 Å². The molecular formula is C13H17N5O2. The van der Waals surface area contributed by atoms with E-state index in [0.717, 1.165) is 12.2 Å².